The Bertz CT molecular complexity index is 2200. The number of benzene rings is 4. The minimum absolute atomic E-state index is 0.0717. The summed E-state index contributed by atoms with van der Waals surface area (Å²) in [6.07, 6.45) is 3.49. The summed E-state index contributed by atoms with van der Waals surface area (Å²) in [5, 5.41) is 17.0. The standard InChI is InChI=1S/C35H24N6O4/c42-30-22-31(43)45-35(36-27-17-9-3-10-18-27)40(30)41-33(25-15-7-2-8-16-25)37-29(34(41)44)21-26-23-39(28-19-11-4-12-20-28)38-32(26)24-13-5-1-6-14-24/h1-23,42H/b29-21-,36-35?. The highest BCUT2D eigenvalue weighted by atomic mass is 16.4. The molecule has 2 aromatic heterocycles. The van der Waals surface area contributed by atoms with Crippen LogP contribution in [0, 0.1) is 0 Å². The van der Waals surface area contributed by atoms with Crippen molar-refractivity contribution in [2.75, 3.05) is 5.01 Å². The summed E-state index contributed by atoms with van der Waals surface area (Å²) >= 11 is 0. The van der Waals surface area contributed by atoms with Gasteiger partial charge in [0.1, 0.15) is 11.4 Å². The van der Waals surface area contributed by atoms with Gasteiger partial charge in [0.05, 0.1) is 17.4 Å². The molecule has 0 bridgehead atoms. The molecule has 0 saturated heterocycles. The van der Waals surface area contributed by atoms with Gasteiger partial charge in [-0.25, -0.2) is 14.5 Å². The number of aliphatic imine (C=N–C) groups is 1. The molecule has 0 atom stereocenters. The van der Waals surface area contributed by atoms with Gasteiger partial charge in [0, 0.05) is 22.9 Å². The molecule has 7 rings (SSSR count). The minimum Gasteiger partial charge on any atom is -0.493 e. The molecule has 0 unspecified atom stereocenters. The summed E-state index contributed by atoms with van der Waals surface area (Å²) in [6.45, 7) is 0. The number of amides is 1. The Labute approximate surface area is 256 Å². The topological polar surface area (TPSA) is 118 Å². The number of aromatic hydroxyl groups is 1. The minimum atomic E-state index is -0.833. The summed E-state index contributed by atoms with van der Waals surface area (Å²) in [7, 11) is 0. The first-order valence-corrected chi connectivity index (χ1v) is 14.0. The van der Waals surface area contributed by atoms with Crippen molar-refractivity contribution >= 4 is 23.5 Å². The van der Waals surface area contributed by atoms with E-state index in [1.165, 1.54) is 0 Å². The number of aromatic nitrogens is 3. The molecule has 1 aliphatic rings. The molecule has 1 amide bonds. The fourth-order valence-corrected chi connectivity index (χ4v) is 4.94. The van der Waals surface area contributed by atoms with E-state index in [9.17, 15) is 14.7 Å². The van der Waals surface area contributed by atoms with Gasteiger partial charge in [-0.2, -0.15) is 19.8 Å². The Morgan fingerprint density at radius 1 is 0.756 bits per heavy atom. The van der Waals surface area contributed by atoms with Crippen molar-refractivity contribution in [3.63, 3.8) is 0 Å². The zero-order chi connectivity index (χ0) is 30.8. The van der Waals surface area contributed by atoms with E-state index in [0.29, 0.717) is 22.5 Å². The van der Waals surface area contributed by atoms with Crippen LogP contribution in [0.5, 0.6) is 5.88 Å². The molecule has 10 nitrogen and oxygen atoms in total. The number of hydrogen-bond acceptors (Lipinski definition) is 7. The van der Waals surface area contributed by atoms with E-state index in [1.807, 2.05) is 91.1 Å². The Morgan fingerprint density at radius 2 is 1.36 bits per heavy atom. The van der Waals surface area contributed by atoms with Crippen molar-refractivity contribution in [3.8, 4) is 22.8 Å². The van der Waals surface area contributed by atoms with Gasteiger partial charge in [0.25, 0.3) is 5.91 Å². The summed E-state index contributed by atoms with van der Waals surface area (Å²) in [5.74, 6) is -0.942. The first kappa shape index (κ1) is 27.3. The van der Waals surface area contributed by atoms with Crippen molar-refractivity contribution in [1.82, 2.24) is 14.5 Å². The molecule has 1 aliphatic heterocycles. The molecule has 0 saturated carbocycles. The number of rotatable bonds is 6. The van der Waals surface area contributed by atoms with E-state index in [2.05, 4.69) is 4.99 Å². The van der Waals surface area contributed by atoms with Crippen LogP contribution in [-0.2, 0) is 4.79 Å². The zero-order valence-corrected chi connectivity index (χ0v) is 23.6. The second-order valence-corrected chi connectivity index (χ2v) is 9.99. The number of amidine groups is 1. The maximum atomic E-state index is 14.3. The van der Waals surface area contributed by atoms with Crippen molar-refractivity contribution in [2.24, 2.45) is 9.98 Å². The van der Waals surface area contributed by atoms with Crippen LogP contribution in [0.1, 0.15) is 11.1 Å². The van der Waals surface area contributed by atoms with Gasteiger partial charge in [0.15, 0.2) is 5.84 Å². The summed E-state index contributed by atoms with van der Waals surface area (Å²) < 4.78 is 8.20. The lowest BCUT2D eigenvalue weighted by molar-refractivity contribution is -0.115. The Hall–Kier alpha value is -6.55. The van der Waals surface area contributed by atoms with Crippen LogP contribution in [0.3, 0.4) is 0 Å². The van der Waals surface area contributed by atoms with E-state index in [4.69, 9.17) is 14.5 Å². The lowest BCUT2D eigenvalue weighted by Gasteiger charge is -2.21. The van der Waals surface area contributed by atoms with Gasteiger partial charge in [-0.05, 0) is 30.3 Å². The second-order valence-electron chi connectivity index (χ2n) is 9.99. The lowest BCUT2D eigenvalue weighted by Crippen LogP contribution is -2.48. The maximum Gasteiger partial charge on any atom is 0.344 e. The number of hydrogen-bond donors (Lipinski definition) is 1. The van der Waals surface area contributed by atoms with Crippen LogP contribution < -0.4 is 16.3 Å². The van der Waals surface area contributed by atoms with Crippen LogP contribution in [0.25, 0.3) is 23.0 Å². The quantitative estimate of drug-likeness (QED) is 0.267. The van der Waals surface area contributed by atoms with E-state index < -0.39 is 17.4 Å². The van der Waals surface area contributed by atoms with Crippen molar-refractivity contribution in [3.05, 3.63) is 167 Å². The van der Waals surface area contributed by atoms with Gasteiger partial charge >= 0.3 is 11.3 Å². The van der Waals surface area contributed by atoms with E-state index in [1.54, 1.807) is 47.2 Å². The van der Waals surface area contributed by atoms with Gasteiger partial charge in [-0.15, -0.1) is 0 Å². The largest absolute Gasteiger partial charge is 0.493 e. The average Bonchev–Trinajstić information content (AvgIpc) is 3.64. The zero-order valence-electron chi connectivity index (χ0n) is 23.6. The molecule has 3 heterocycles. The Balaban J connectivity index is 1.42. The molecule has 45 heavy (non-hydrogen) atoms. The predicted molar refractivity (Wildman–Crippen MR) is 169 cm³/mol. The predicted octanol–water partition coefficient (Wildman–Crippen LogP) is 5.20. The van der Waals surface area contributed by atoms with Crippen molar-refractivity contribution in [1.29, 1.82) is 0 Å². The third-order valence-electron chi connectivity index (χ3n) is 6.99. The molecule has 0 spiro atoms. The van der Waals surface area contributed by atoms with Gasteiger partial charge in [-0.1, -0.05) is 97.1 Å². The van der Waals surface area contributed by atoms with Crippen LogP contribution in [0.4, 0.5) is 5.69 Å². The fourth-order valence-electron chi connectivity index (χ4n) is 4.94. The number of para-hydroxylation sites is 2. The number of nitrogens with zero attached hydrogens (tertiary/aromatic N) is 6. The van der Waals surface area contributed by atoms with Crippen LogP contribution >= 0.6 is 0 Å². The van der Waals surface area contributed by atoms with E-state index >= 15 is 0 Å². The monoisotopic (exact) mass is 592 g/mol. The van der Waals surface area contributed by atoms with E-state index in [-0.39, 0.29) is 17.2 Å². The molecular weight excluding hydrogens is 568 g/mol. The first-order valence-electron chi connectivity index (χ1n) is 14.0. The molecule has 0 aliphatic carbocycles. The van der Waals surface area contributed by atoms with E-state index in [0.717, 1.165) is 27.0 Å². The first-order chi connectivity index (χ1) is 22.0. The highest BCUT2D eigenvalue weighted by Crippen LogP contribution is 2.29. The van der Waals surface area contributed by atoms with Gasteiger partial charge < -0.3 is 9.52 Å². The van der Waals surface area contributed by atoms with Gasteiger partial charge in [0.2, 0.25) is 5.88 Å². The van der Waals surface area contributed by atoms with Crippen LogP contribution in [0.2, 0.25) is 0 Å². The summed E-state index contributed by atoms with van der Waals surface area (Å²) in [5.41, 5.74) is 2.95. The van der Waals surface area contributed by atoms with Crippen molar-refractivity contribution in [2.45, 2.75) is 0 Å². The Morgan fingerprint density at radius 3 is 2.02 bits per heavy atom. The average molecular weight is 593 g/mol. The van der Waals surface area contributed by atoms with Crippen LogP contribution in [0.15, 0.2) is 158 Å². The molecule has 6 aromatic rings. The highest BCUT2D eigenvalue weighted by Gasteiger charge is 2.35. The molecule has 218 valence electrons. The van der Waals surface area contributed by atoms with Crippen molar-refractivity contribution < 1.29 is 14.3 Å². The molecule has 1 N–H and O–H groups in total. The maximum absolute atomic E-state index is 14.3. The smallest absolute Gasteiger partial charge is 0.344 e. The Kier molecular flexibility index (Phi) is 7.04. The molecule has 10 heteroatoms. The summed E-state index contributed by atoms with van der Waals surface area (Å²) in [6, 6.07) is 38.0. The molecular formula is C35H24N6O4. The number of carbonyl (C=O) groups excluding carboxylic acids is 1. The highest BCUT2D eigenvalue weighted by molar-refractivity contribution is 6.29. The lowest BCUT2D eigenvalue weighted by atomic mass is 10.1. The van der Waals surface area contributed by atoms with Gasteiger partial charge in [-0.3, -0.25) is 4.79 Å². The molecule has 4 aromatic carbocycles. The molecule has 0 fully saturated rings. The third kappa shape index (κ3) is 5.39. The van der Waals surface area contributed by atoms with Crippen LogP contribution in [-0.4, -0.2) is 31.3 Å². The number of carbonyl (C=O) groups is 1. The summed E-state index contributed by atoms with van der Waals surface area (Å²) in [4.78, 5) is 35.8. The SMILES string of the molecule is O=C1/C(=C/c2cn(-c3ccccc3)nc2-c2ccccc2)N=C(c2ccccc2)N1n1c(O)cc(=O)oc1=Nc1ccccc1. The third-order valence-corrected chi connectivity index (χ3v) is 6.99. The normalized spacial score (nSPS) is 14.3. The molecule has 0 radical (unpaired) electrons. The second kappa shape index (κ2) is 11.6. The fraction of sp³-hybridized carbons (Fsp3) is 0.